The van der Waals surface area contributed by atoms with E-state index in [1.54, 1.807) is 18.2 Å². The van der Waals surface area contributed by atoms with Crippen LogP contribution < -0.4 is 4.74 Å². The van der Waals surface area contributed by atoms with Gasteiger partial charge in [-0.05, 0) is 41.5 Å². The summed E-state index contributed by atoms with van der Waals surface area (Å²) < 4.78 is 55.4. The third-order valence-electron chi connectivity index (χ3n) is 7.17. The van der Waals surface area contributed by atoms with Crippen molar-refractivity contribution in [3.05, 3.63) is 102 Å². The second kappa shape index (κ2) is 11.6. The molecule has 1 aliphatic carbocycles. The lowest BCUT2D eigenvalue weighted by Gasteiger charge is -2.21. The molecule has 5 atom stereocenters. The maximum absolute atomic E-state index is 13.0. The van der Waals surface area contributed by atoms with Crippen LogP contribution in [-0.4, -0.2) is 42.0 Å². The lowest BCUT2D eigenvalue weighted by Crippen LogP contribution is -2.25. The fourth-order valence-corrected chi connectivity index (χ4v) is 5.18. The van der Waals surface area contributed by atoms with Crippen LogP contribution in [-0.2, 0) is 20.4 Å². The summed E-state index contributed by atoms with van der Waals surface area (Å²) in [5.74, 6) is -1.49. The fraction of sp³-hybridized carbons (Fsp3) is 0.290. The van der Waals surface area contributed by atoms with E-state index in [1.807, 2.05) is 42.5 Å². The molecule has 3 aromatic rings. The second-order valence-electron chi connectivity index (χ2n) is 9.89. The molecule has 1 heterocycles. The Labute approximate surface area is 229 Å². The van der Waals surface area contributed by atoms with Gasteiger partial charge in [0.1, 0.15) is 30.7 Å². The van der Waals surface area contributed by atoms with Gasteiger partial charge in [-0.2, -0.15) is 13.2 Å². The molecule has 3 aromatic carbocycles. The van der Waals surface area contributed by atoms with E-state index in [-0.39, 0.29) is 30.7 Å². The first-order valence-electron chi connectivity index (χ1n) is 12.9. The second-order valence-corrected chi connectivity index (χ2v) is 9.89. The molecule has 1 saturated carbocycles. The first-order chi connectivity index (χ1) is 19.2. The fourth-order valence-electron chi connectivity index (χ4n) is 5.18. The standard InChI is InChI=1S/C31H27F3O6/c32-31(33,34)22-7-4-8-24(15-22)38-18-23(35)13-14-25-26-16-29(36)39-28(26)17-27(25)40-30(37)21-11-9-20(10-12-21)19-5-2-1-3-6-19/h1-15,23,25-28,35H,16-18H2/t23-,25-,26-,27-,28+/m1/s1. The molecule has 1 N–H and O–H groups in total. The van der Waals surface area contributed by atoms with Gasteiger partial charge in [-0.3, -0.25) is 4.79 Å². The predicted octanol–water partition coefficient (Wildman–Crippen LogP) is 5.85. The lowest BCUT2D eigenvalue weighted by atomic mass is 9.91. The first kappa shape index (κ1) is 27.5. The summed E-state index contributed by atoms with van der Waals surface area (Å²) >= 11 is 0. The summed E-state index contributed by atoms with van der Waals surface area (Å²) in [4.78, 5) is 24.9. The zero-order valence-corrected chi connectivity index (χ0v) is 21.3. The van der Waals surface area contributed by atoms with Crippen molar-refractivity contribution in [3.63, 3.8) is 0 Å². The molecule has 0 aromatic heterocycles. The number of hydrogen-bond donors (Lipinski definition) is 1. The van der Waals surface area contributed by atoms with Crippen LogP contribution in [0.5, 0.6) is 5.75 Å². The summed E-state index contributed by atoms with van der Waals surface area (Å²) in [7, 11) is 0. The van der Waals surface area contributed by atoms with Crippen molar-refractivity contribution in [3.8, 4) is 16.9 Å². The van der Waals surface area contributed by atoms with Crippen LogP contribution in [0, 0.1) is 11.8 Å². The molecule has 6 nitrogen and oxygen atoms in total. The highest BCUT2D eigenvalue weighted by Crippen LogP contribution is 2.44. The Bertz CT molecular complexity index is 1370. The predicted molar refractivity (Wildman–Crippen MR) is 139 cm³/mol. The van der Waals surface area contributed by atoms with Crippen molar-refractivity contribution < 1.29 is 42.1 Å². The minimum atomic E-state index is -4.51. The van der Waals surface area contributed by atoms with Crippen LogP contribution in [0.3, 0.4) is 0 Å². The van der Waals surface area contributed by atoms with Crippen LogP contribution in [0.15, 0.2) is 91.0 Å². The van der Waals surface area contributed by atoms with E-state index in [9.17, 15) is 27.9 Å². The third kappa shape index (κ3) is 6.37. The van der Waals surface area contributed by atoms with E-state index in [4.69, 9.17) is 14.2 Å². The Balaban J connectivity index is 1.23. The Morgan fingerprint density at radius 1 is 1.02 bits per heavy atom. The van der Waals surface area contributed by atoms with Gasteiger partial charge in [0.05, 0.1) is 17.5 Å². The molecule has 2 aliphatic rings. The highest BCUT2D eigenvalue weighted by molar-refractivity contribution is 5.90. The van der Waals surface area contributed by atoms with E-state index < -0.39 is 41.9 Å². The molecule has 1 saturated heterocycles. The van der Waals surface area contributed by atoms with E-state index in [0.29, 0.717) is 12.0 Å². The number of alkyl halides is 3. The molecule has 0 spiro atoms. The Hall–Kier alpha value is -4.11. The molecule has 0 amide bonds. The smallest absolute Gasteiger partial charge is 0.416 e. The normalized spacial score (nSPS) is 23.1. The van der Waals surface area contributed by atoms with Crippen LogP contribution >= 0.6 is 0 Å². The van der Waals surface area contributed by atoms with Crippen LogP contribution in [0.2, 0.25) is 0 Å². The molecule has 0 unspecified atom stereocenters. The highest BCUT2D eigenvalue weighted by atomic mass is 19.4. The van der Waals surface area contributed by atoms with E-state index in [0.717, 1.165) is 23.3 Å². The lowest BCUT2D eigenvalue weighted by molar-refractivity contribution is -0.142. The van der Waals surface area contributed by atoms with Gasteiger partial charge in [-0.15, -0.1) is 0 Å². The molecule has 40 heavy (non-hydrogen) atoms. The monoisotopic (exact) mass is 552 g/mol. The minimum Gasteiger partial charge on any atom is -0.491 e. The van der Waals surface area contributed by atoms with Crippen molar-refractivity contribution in [2.24, 2.45) is 11.8 Å². The van der Waals surface area contributed by atoms with Gasteiger partial charge in [0, 0.05) is 18.3 Å². The highest BCUT2D eigenvalue weighted by Gasteiger charge is 2.50. The molecule has 208 valence electrons. The molecular weight excluding hydrogens is 525 g/mol. The maximum Gasteiger partial charge on any atom is 0.416 e. The zero-order chi connectivity index (χ0) is 28.3. The van der Waals surface area contributed by atoms with Crippen molar-refractivity contribution in [2.45, 2.75) is 37.3 Å². The number of carbonyl (C=O) groups excluding carboxylic acids is 2. The SMILES string of the molecule is O=C1C[C@@H]2[C@@H](C=C[C@@H](O)COc3cccc(C(F)(F)F)c3)[C@H](OC(=O)c3ccc(-c4ccccc4)cc3)C[C@@H]2O1. The molecule has 9 heteroatoms. The number of fused-ring (bicyclic) bond motifs is 1. The summed E-state index contributed by atoms with van der Waals surface area (Å²) in [6.07, 6.45) is -3.03. The largest absolute Gasteiger partial charge is 0.491 e. The van der Waals surface area contributed by atoms with Gasteiger partial charge in [0.2, 0.25) is 0 Å². The zero-order valence-electron chi connectivity index (χ0n) is 21.3. The molecule has 0 radical (unpaired) electrons. The van der Waals surface area contributed by atoms with Gasteiger partial charge in [-0.25, -0.2) is 4.79 Å². The number of hydrogen-bond acceptors (Lipinski definition) is 6. The number of esters is 2. The van der Waals surface area contributed by atoms with E-state index in [2.05, 4.69) is 0 Å². The number of ether oxygens (including phenoxy) is 3. The van der Waals surface area contributed by atoms with Crippen molar-refractivity contribution in [1.82, 2.24) is 0 Å². The van der Waals surface area contributed by atoms with E-state index in [1.165, 1.54) is 18.2 Å². The topological polar surface area (TPSA) is 82.1 Å². The van der Waals surface area contributed by atoms with Crippen molar-refractivity contribution in [1.29, 1.82) is 0 Å². The van der Waals surface area contributed by atoms with Gasteiger partial charge in [0.25, 0.3) is 0 Å². The third-order valence-corrected chi connectivity index (χ3v) is 7.17. The molecule has 1 aliphatic heterocycles. The van der Waals surface area contributed by atoms with Crippen molar-refractivity contribution >= 4 is 11.9 Å². The quantitative estimate of drug-likeness (QED) is 0.279. The molecule has 0 bridgehead atoms. The number of aliphatic hydroxyl groups excluding tert-OH is 1. The Morgan fingerprint density at radius 3 is 2.48 bits per heavy atom. The Morgan fingerprint density at radius 2 is 1.75 bits per heavy atom. The van der Waals surface area contributed by atoms with Gasteiger partial charge in [-0.1, -0.05) is 60.7 Å². The first-order valence-corrected chi connectivity index (χ1v) is 12.9. The van der Waals surface area contributed by atoms with Crippen LogP contribution in [0.25, 0.3) is 11.1 Å². The molecule has 2 fully saturated rings. The van der Waals surface area contributed by atoms with Gasteiger partial charge in [0.15, 0.2) is 0 Å². The minimum absolute atomic E-state index is 0.0249. The number of carbonyl (C=O) groups is 2. The van der Waals surface area contributed by atoms with Gasteiger partial charge >= 0.3 is 18.1 Å². The maximum atomic E-state index is 13.0. The summed E-state index contributed by atoms with van der Waals surface area (Å²) in [6.45, 7) is -0.285. The number of benzene rings is 3. The molecule has 5 rings (SSSR count). The summed E-state index contributed by atoms with van der Waals surface area (Å²) in [6, 6.07) is 21.2. The molecular formula is C31H27F3O6. The number of halogens is 3. The Kier molecular flexibility index (Phi) is 7.93. The number of aliphatic hydroxyl groups is 1. The van der Waals surface area contributed by atoms with E-state index >= 15 is 0 Å². The van der Waals surface area contributed by atoms with Crippen LogP contribution in [0.1, 0.15) is 28.8 Å². The average molecular weight is 553 g/mol. The van der Waals surface area contributed by atoms with Gasteiger partial charge < -0.3 is 19.3 Å². The summed E-state index contributed by atoms with van der Waals surface area (Å²) in [5, 5.41) is 10.4. The number of rotatable bonds is 8. The van der Waals surface area contributed by atoms with Crippen LogP contribution in [0.4, 0.5) is 13.2 Å². The summed E-state index contributed by atoms with van der Waals surface area (Å²) in [5.41, 5.74) is 1.51. The average Bonchev–Trinajstić information content (AvgIpc) is 3.46. The van der Waals surface area contributed by atoms with Crippen molar-refractivity contribution in [2.75, 3.05) is 6.61 Å².